The molecule has 2 heterocycles. The monoisotopic (exact) mass is 612 g/mol. The Kier molecular flexibility index (Phi) is 8.95. The number of Topliss-reactive ketones (excluding diaryl/α,β-unsaturated/α-hetero) is 1. The number of amides is 2. The highest BCUT2D eigenvalue weighted by Crippen LogP contribution is 2.34. The molecule has 5 N–H and O–H groups in total. The van der Waals surface area contributed by atoms with Crippen LogP contribution in [0.5, 0.6) is 0 Å². The average Bonchev–Trinajstić information content (AvgIpc) is 3.35. The number of ether oxygens (including phenoxy) is 1. The number of aliphatic hydroxyl groups excluding tert-OH is 1. The van der Waals surface area contributed by atoms with E-state index in [4.69, 9.17) is 4.74 Å². The van der Waals surface area contributed by atoms with E-state index in [1.165, 1.54) is 0 Å². The molecular weight excluding hydrogens is 568 g/mol. The molecule has 9 nitrogen and oxygen atoms in total. The van der Waals surface area contributed by atoms with Crippen LogP contribution in [-0.4, -0.2) is 64.2 Å². The van der Waals surface area contributed by atoms with Crippen LogP contribution in [0.1, 0.15) is 69.6 Å². The van der Waals surface area contributed by atoms with E-state index < -0.39 is 30.0 Å². The minimum atomic E-state index is -1.23. The zero-order chi connectivity index (χ0) is 31.7. The summed E-state index contributed by atoms with van der Waals surface area (Å²) in [4.78, 5) is 44.1. The van der Waals surface area contributed by atoms with E-state index >= 15 is 0 Å². The molecule has 2 fully saturated rings. The molecule has 0 radical (unpaired) electrons. The van der Waals surface area contributed by atoms with Gasteiger partial charge in [-0.05, 0) is 67.9 Å². The second-order valence-corrected chi connectivity index (χ2v) is 13.3. The third-order valence-corrected chi connectivity index (χ3v) is 9.91. The van der Waals surface area contributed by atoms with Gasteiger partial charge in [-0.15, -0.1) is 0 Å². The first-order chi connectivity index (χ1) is 21.6. The van der Waals surface area contributed by atoms with Crippen molar-refractivity contribution >= 4 is 34.1 Å². The molecule has 45 heavy (non-hydrogen) atoms. The number of nitrogens with one attached hydrogen (secondary N) is 4. The molecule has 1 saturated carbocycles. The number of ketones is 1. The van der Waals surface area contributed by atoms with Gasteiger partial charge >= 0.3 is 0 Å². The number of carbonyl (C=O) groups excluding carboxylic acids is 3. The number of allylic oxidation sites excluding steroid dienone is 1. The maximum absolute atomic E-state index is 14.0. The summed E-state index contributed by atoms with van der Waals surface area (Å²) >= 11 is 0. The number of carbonyl (C=O) groups is 3. The van der Waals surface area contributed by atoms with Gasteiger partial charge in [0.2, 0.25) is 11.8 Å². The van der Waals surface area contributed by atoms with Gasteiger partial charge < -0.3 is 25.5 Å². The van der Waals surface area contributed by atoms with E-state index in [1.54, 1.807) is 13.8 Å². The number of H-pyrrole nitrogens is 1. The largest absolute Gasteiger partial charge is 0.376 e. The number of aromatic nitrogens is 1. The molecule has 9 heteroatoms. The highest BCUT2D eigenvalue weighted by atomic mass is 16.6. The molecule has 2 aliphatic carbocycles. The van der Waals surface area contributed by atoms with Crippen molar-refractivity contribution in [3.05, 3.63) is 77.0 Å². The first-order valence-corrected chi connectivity index (χ1v) is 16.2. The van der Waals surface area contributed by atoms with Gasteiger partial charge in [0, 0.05) is 29.1 Å². The van der Waals surface area contributed by atoms with Crippen molar-refractivity contribution in [3.8, 4) is 0 Å². The predicted molar refractivity (Wildman–Crippen MR) is 173 cm³/mol. The Morgan fingerprint density at radius 2 is 1.76 bits per heavy atom. The van der Waals surface area contributed by atoms with Crippen LogP contribution in [-0.2, 0) is 32.0 Å². The van der Waals surface area contributed by atoms with Crippen molar-refractivity contribution in [3.63, 3.8) is 0 Å². The number of hydrogen-bond acceptors (Lipinski definition) is 6. The third kappa shape index (κ3) is 6.76. The molecule has 2 amide bonds. The van der Waals surface area contributed by atoms with Crippen LogP contribution in [0.4, 0.5) is 0 Å². The minimum Gasteiger partial charge on any atom is -0.376 e. The summed E-state index contributed by atoms with van der Waals surface area (Å²) in [6.45, 7) is 5.79. The smallest absolute Gasteiger partial charge is 0.248 e. The number of hydrogen-bond donors (Lipinski definition) is 5. The Morgan fingerprint density at radius 3 is 2.49 bits per heavy atom. The van der Waals surface area contributed by atoms with Gasteiger partial charge in [0.1, 0.15) is 11.8 Å². The molecule has 1 aromatic heterocycles. The number of fused-ring (bicyclic) bond motifs is 2. The van der Waals surface area contributed by atoms with E-state index in [-0.39, 0.29) is 24.0 Å². The highest BCUT2D eigenvalue weighted by Gasteiger charge is 2.50. The van der Waals surface area contributed by atoms with Crippen LogP contribution in [0.2, 0.25) is 0 Å². The average molecular weight is 613 g/mol. The second kappa shape index (κ2) is 12.9. The van der Waals surface area contributed by atoms with Crippen molar-refractivity contribution in [2.75, 3.05) is 6.61 Å². The summed E-state index contributed by atoms with van der Waals surface area (Å²) in [6.07, 6.45) is 6.39. The lowest BCUT2D eigenvalue weighted by Gasteiger charge is -2.29. The summed E-state index contributed by atoms with van der Waals surface area (Å²) in [5.41, 5.74) is 4.77. The summed E-state index contributed by atoms with van der Waals surface area (Å²) in [6, 6.07) is 13.6. The van der Waals surface area contributed by atoms with Crippen LogP contribution < -0.4 is 16.0 Å². The predicted octanol–water partition coefficient (Wildman–Crippen LogP) is 3.94. The molecule has 1 saturated heterocycles. The first-order valence-electron chi connectivity index (χ1n) is 16.2. The lowest BCUT2D eigenvalue weighted by atomic mass is 9.90. The number of epoxide rings is 1. The number of para-hydroxylation sites is 1. The standard InChI is InChI=1S/C36H44N4O5/c1-21-26-13-7-6-12-24(26)17-28(21)34(43)38-22(2)33(42)40-31(18-25-19-37-29-15-9-8-14-27(25)29)35(44)39-30(16-23-10-4-5-11-23)32(41)36(3)20-45-36/h6-9,12-15,19,22-23,30-31,33,37,40,42H,4-5,10-11,16-18,20H2,1-3H3,(H,38,43)(H,39,44). The molecule has 3 aromatic rings. The van der Waals surface area contributed by atoms with Gasteiger partial charge in [-0.25, -0.2) is 0 Å². The lowest BCUT2D eigenvalue weighted by Crippen LogP contribution is -2.58. The Labute approximate surface area is 264 Å². The fourth-order valence-corrected chi connectivity index (χ4v) is 6.95. The topological polar surface area (TPSA) is 136 Å². The summed E-state index contributed by atoms with van der Waals surface area (Å²) in [5, 5.41) is 21.4. The zero-order valence-electron chi connectivity index (χ0n) is 26.3. The Hall–Kier alpha value is -3.79. The van der Waals surface area contributed by atoms with E-state index in [1.807, 2.05) is 61.7 Å². The molecule has 1 aliphatic heterocycles. The maximum atomic E-state index is 14.0. The Morgan fingerprint density at radius 1 is 1.04 bits per heavy atom. The zero-order valence-corrected chi connectivity index (χ0v) is 26.3. The van der Waals surface area contributed by atoms with E-state index in [9.17, 15) is 19.5 Å². The molecular formula is C36H44N4O5. The van der Waals surface area contributed by atoms with Crippen molar-refractivity contribution in [2.45, 2.75) is 95.7 Å². The van der Waals surface area contributed by atoms with Gasteiger partial charge in [0.25, 0.3) is 0 Å². The van der Waals surface area contributed by atoms with Crippen molar-refractivity contribution < 1.29 is 24.2 Å². The number of rotatable bonds is 13. The van der Waals surface area contributed by atoms with Crippen LogP contribution in [0.3, 0.4) is 0 Å². The first kappa shape index (κ1) is 31.2. The SMILES string of the molecule is CC1=C(C(=O)NC(C)C(O)NC(Cc2c[nH]c3ccccc23)C(=O)NC(CC2CCCC2)C(=O)C2(C)CO2)Cc2ccccc21. The quantitative estimate of drug-likeness (QED) is 0.147. The number of aromatic amines is 1. The second-order valence-electron chi connectivity index (χ2n) is 13.3. The number of benzene rings is 2. The van der Waals surface area contributed by atoms with Crippen molar-refractivity contribution in [1.82, 2.24) is 20.9 Å². The molecule has 0 bridgehead atoms. The lowest BCUT2D eigenvalue weighted by molar-refractivity contribution is -0.132. The van der Waals surface area contributed by atoms with E-state index in [0.29, 0.717) is 30.9 Å². The summed E-state index contributed by atoms with van der Waals surface area (Å²) < 4.78 is 5.48. The van der Waals surface area contributed by atoms with Gasteiger partial charge in [0.15, 0.2) is 5.78 Å². The highest BCUT2D eigenvalue weighted by molar-refractivity contribution is 6.04. The molecule has 5 atom stereocenters. The minimum absolute atomic E-state index is 0.101. The molecule has 0 spiro atoms. The summed E-state index contributed by atoms with van der Waals surface area (Å²) in [5.74, 6) is -0.337. The molecule has 3 aliphatic rings. The van der Waals surface area contributed by atoms with E-state index in [0.717, 1.165) is 58.8 Å². The fourth-order valence-electron chi connectivity index (χ4n) is 6.95. The normalized spacial score (nSPS) is 22.1. The van der Waals surface area contributed by atoms with Crippen LogP contribution in [0.15, 0.2) is 60.3 Å². The van der Waals surface area contributed by atoms with Gasteiger partial charge in [-0.3, -0.25) is 19.7 Å². The third-order valence-electron chi connectivity index (χ3n) is 9.91. The van der Waals surface area contributed by atoms with Gasteiger partial charge in [0.05, 0.1) is 24.7 Å². The van der Waals surface area contributed by atoms with Gasteiger partial charge in [-0.2, -0.15) is 0 Å². The molecule has 6 rings (SSSR count). The number of aliphatic hydroxyl groups is 1. The van der Waals surface area contributed by atoms with E-state index in [2.05, 4.69) is 20.9 Å². The molecule has 2 aromatic carbocycles. The fraction of sp³-hybridized carbons (Fsp3) is 0.472. The van der Waals surface area contributed by atoms with Crippen LogP contribution in [0.25, 0.3) is 16.5 Å². The molecule has 5 unspecified atom stereocenters. The van der Waals surface area contributed by atoms with Crippen molar-refractivity contribution in [2.24, 2.45) is 5.92 Å². The van der Waals surface area contributed by atoms with Crippen LogP contribution >= 0.6 is 0 Å². The van der Waals surface area contributed by atoms with Crippen LogP contribution in [0, 0.1) is 5.92 Å². The summed E-state index contributed by atoms with van der Waals surface area (Å²) in [7, 11) is 0. The van der Waals surface area contributed by atoms with Gasteiger partial charge in [-0.1, -0.05) is 68.1 Å². The Balaban J connectivity index is 1.18. The Bertz CT molecular complexity index is 1620. The molecule has 238 valence electrons. The maximum Gasteiger partial charge on any atom is 0.248 e. The van der Waals surface area contributed by atoms with Crippen molar-refractivity contribution in [1.29, 1.82) is 0 Å².